The van der Waals surface area contributed by atoms with E-state index in [9.17, 15) is 9.50 Å². The summed E-state index contributed by atoms with van der Waals surface area (Å²) in [7, 11) is 0. The Morgan fingerprint density at radius 2 is 1.76 bits per heavy atom. The van der Waals surface area contributed by atoms with Crippen LogP contribution in [0.5, 0.6) is 5.75 Å². The molecule has 0 amide bonds. The summed E-state index contributed by atoms with van der Waals surface area (Å²) in [5, 5.41) is 9.89. The maximum absolute atomic E-state index is 13.5. The second kappa shape index (κ2) is 4.55. The van der Waals surface area contributed by atoms with Crippen LogP contribution in [0, 0.1) is 12.7 Å². The molecule has 0 aliphatic carbocycles. The van der Waals surface area contributed by atoms with Crippen molar-refractivity contribution in [2.75, 3.05) is 0 Å². The lowest BCUT2D eigenvalue weighted by atomic mass is 10.0. The van der Waals surface area contributed by atoms with Crippen LogP contribution in [0.15, 0.2) is 30.3 Å². The van der Waals surface area contributed by atoms with Crippen molar-refractivity contribution in [1.82, 2.24) is 0 Å². The number of aromatic hydroxyl groups is 1. The van der Waals surface area contributed by atoms with Gasteiger partial charge in [0.1, 0.15) is 11.6 Å². The predicted octanol–water partition coefficient (Wildman–Crippen LogP) is 4.81. The second-order valence-electron chi connectivity index (χ2n) is 3.75. The number of hydrogen-bond acceptors (Lipinski definition) is 1. The zero-order valence-electron chi connectivity index (χ0n) is 8.97. The van der Waals surface area contributed by atoms with E-state index in [0.717, 1.165) is 0 Å². The molecule has 1 N–H and O–H groups in total. The first-order valence-corrected chi connectivity index (χ1v) is 5.69. The van der Waals surface area contributed by atoms with E-state index >= 15 is 0 Å². The molecule has 0 aromatic heterocycles. The molecule has 0 aliphatic rings. The van der Waals surface area contributed by atoms with Crippen LogP contribution in [0.3, 0.4) is 0 Å². The highest BCUT2D eigenvalue weighted by molar-refractivity contribution is 6.36. The van der Waals surface area contributed by atoms with Crippen molar-refractivity contribution in [1.29, 1.82) is 0 Å². The van der Waals surface area contributed by atoms with Gasteiger partial charge in [0.05, 0.1) is 10.0 Å². The summed E-state index contributed by atoms with van der Waals surface area (Å²) in [6.45, 7) is 1.69. The minimum atomic E-state index is -0.303. The van der Waals surface area contributed by atoms with Crippen molar-refractivity contribution in [3.05, 3.63) is 51.8 Å². The SMILES string of the molecule is Cc1ccc(-c2cc(Cl)c(O)cc2Cl)cc1F. The molecule has 0 atom stereocenters. The number of phenols is 1. The molecular weight excluding hydrogens is 262 g/mol. The summed E-state index contributed by atoms with van der Waals surface area (Å²) in [6, 6.07) is 7.68. The molecule has 0 aliphatic heterocycles. The van der Waals surface area contributed by atoms with Gasteiger partial charge in [-0.3, -0.25) is 0 Å². The Morgan fingerprint density at radius 3 is 2.41 bits per heavy atom. The Kier molecular flexibility index (Phi) is 3.27. The van der Waals surface area contributed by atoms with Crippen molar-refractivity contribution >= 4 is 23.2 Å². The summed E-state index contributed by atoms with van der Waals surface area (Å²) in [6.07, 6.45) is 0. The van der Waals surface area contributed by atoms with Crippen molar-refractivity contribution in [3.8, 4) is 16.9 Å². The van der Waals surface area contributed by atoms with Gasteiger partial charge >= 0.3 is 0 Å². The van der Waals surface area contributed by atoms with Crippen LogP contribution in [-0.4, -0.2) is 5.11 Å². The average Bonchev–Trinajstić information content (AvgIpc) is 2.27. The highest BCUT2D eigenvalue weighted by atomic mass is 35.5. The smallest absolute Gasteiger partial charge is 0.135 e. The van der Waals surface area contributed by atoms with Gasteiger partial charge in [-0.05, 0) is 30.2 Å². The largest absolute Gasteiger partial charge is 0.506 e. The summed E-state index contributed by atoms with van der Waals surface area (Å²) < 4.78 is 13.5. The van der Waals surface area contributed by atoms with Crippen LogP contribution in [0.1, 0.15) is 5.56 Å². The lowest BCUT2D eigenvalue weighted by Crippen LogP contribution is -1.86. The fourth-order valence-corrected chi connectivity index (χ4v) is 1.95. The lowest BCUT2D eigenvalue weighted by molar-refractivity contribution is 0.475. The molecule has 17 heavy (non-hydrogen) atoms. The molecule has 0 bridgehead atoms. The van der Waals surface area contributed by atoms with E-state index < -0.39 is 0 Å². The normalized spacial score (nSPS) is 10.6. The van der Waals surface area contributed by atoms with Crippen LogP contribution in [0.2, 0.25) is 10.0 Å². The quantitative estimate of drug-likeness (QED) is 0.788. The predicted molar refractivity (Wildman–Crippen MR) is 68.3 cm³/mol. The highest BCUT2D eigenvalue weighted by Gasteiger charge is 2.09. The molecule has 4 heteroatoms. The van der Waals surface area contributed by atoms with E-state index in [0.29, 0.717) is 21.7 Å². The number of phenolic OH excluding ortho intramolecular Hbond substituents is 1. The zero-order valence-corrected chi connectivity index (χ0v) is 10.5. The molecule has 88 valence electrons. The molecule has 0 saturated carbocycles. The van der Waals surface area contributed by atoms with Gasteiger partial charge in [0, 0.05) is 11.6 Å². The van der Waals surface area contributed by atoms with Gasteiger partial charge in [-0.2, -0.15) is 0 Å². The van der Waals surface area contributed by atoms with Crippen LogP contribution >= 0.6 is 23.2 Å². The van der Waals surface area contributed by atoms with E-state index in [1.807, 2.05) is 0 Å². The molecule has 0 saturated heterocycles. The van der Waals surface area contributed by atoms with Crippen LogP contribution < -0.4 is 0 Å². The Balaban J connectivity index is 2.60. The fourth-order valence-electron chi connectivity index (χ4n) is 1.52. The second-order valence-corrected chi connectivity index (χ2v) is 4.56. The third-order valence-electron chi connectivity index (χ3n) is 2.52. The van der Waals surface area contributed by atoms with Crippen LogP contribution in [-0.2, 0) is 0 Å². The maximum atomic E-state index is 13.5. The molecule has 0 spiro atoms. The monoisotopic (exact) mass is 270 g/mol. The molecule has 2 aromatic carbocycles. The lowest BCUT2D eigenvalue weighted by Gasteiger charge is -2.08. The molecule has 0 heterocycles. The zero-order chi connectivity index (χ0) is 12.6. The Labute approximate surface area is 108 Å². The minimum absolute atomic E-state index is 0.0898. The topological polar surface area (TPSA) is 20.2 Å². The van der Waals surface area contributed by atoms with Gasteiger partial charge in [0.15, 0.2) is 0 Å². The van der Waals surface area contributed by atoms with Crippen molar-refractivity contribution < 1.29 is 9.50 Å². The van der Waals surface area contributed by atoms with Crippen LogP contribution in [0.25, 0.3) is 11.1 Å². The molecule has 0 fully saturated rings. The molecule has 0 unspecified atom stereocenters. The van der Waals surface area contributed by atoms with Gasteiger partial charge < -0.3 is 5.11 Å². The number of halogens is 3. The van der Waals surface area contributed by atoms with Crippen LogP contribution in [0.4, 0.5) is 4.39 Å². The van der Waals surface area contributed by atoms with Gasteiger partial charge in [-0.15, -0.1) is 0 Å². The maximum Gasteiger partial charge on any atom is 0.135 e. The molecule has 0 radical (unpaired) electrons. The van der Waals surface area contributed by atoms with Crippen molar-refractivity contribution in [2.45, 2.75) is 6.92 Å². The standard InChI is InChI=1S/C13H9Cl2FO/c1-7-2-3-8(4-12(7)16)9-5-11(15)13(17)6-10(9)14/h2-6,17H,1H3. The summed E-state index contributed by atoms with van der Waals surface area (Å²) in [5.74, 6) is -0.393. The van der Waals surface area contributed by atoms with E-state index in [1.54, 1.807) is 19.1 Å². The van der Waals surface area contributed by atoms with Crippen molar-refractivity contribution in [2.24, 2.45) is 0 Å². The fraction of sp³-hybridized carbons (Fsp3) is 0.0769. The molecule has 2 rings (SSSR count). The summed E-state index contributed by atoms with van der Waals surface area (Å²) >= 11 is 11.8. The van der Waals surface area contributed by atoms with E-state index in [-0.39, 0.29) is 16.6 Å². The Bertz CT molecular complexity index is 582. The van der Waals surface area contributed by atoms with E-state index in [1.165, 1.54) is 18.2 Å². The highest BCUT2D eigenvalue weighted by Crippen LogP contribution is 2.36. The molecule has 1 nitrogen and oxygen atoms in total. The molecular formula is C13H9Cl2FO. The van der Waals surface area contributed by atoms with E-state index in [4.69, 9.17) is 23.2 Å². The van der Waals surface area contributed by atoms with Crippen molar-refractivity contribution in [3.63, 3.8) is 0 Å². The van der Waals surface area contributed by atoms with Gasteiger partial charge in [-0.25, -0.2) is 4.39 Å². The van der Waals surface area contributed by atoms with E-state index in [2.05, 4.69) is 0 Å². The van der Waals surface area contributed by atoms with Gasteiger partial charge in [-0.1, -0.05) is 35.3 Å². The minimum Gasteiger partial charge on any atom is -0.506 e. The summed E-state index contributed by atoms with van der Waals surface area (Å²) in [5.41, 5.74) is 1.78. The number of hydrogen-bond donors (Lipinski definition) is 1. The first kappa shape index (κ1) is 12.2. The number of rotatable bonds is 1. The van der Waals surface area contributed by atoms with Gasteiger partial charge in [0.25, 0.3) is 0 Å². The third kappa shape index (κ3) is 2.38. The third-order valence-corrected chi connectivity index (χ3v) is 3.13. The molecule has 2 aromatic rings. The number of aryl methyl sites for hydroxylation is 1. The Morgan fingerprint density at radius 1 is 1.06 bits per heavy atom. The first-order chi connectivity index (χ1) is 7.99. The first-order valence-electron chi connectivity index (χ1n) is 4.93. The van der Waals surface area contributed by atoms with Gasteiger partial charge in [0.2, 0.25) is 0 Å². The number of benzene rings is 2. The summed E-state index contributed by atoms with van der Waals surface area (Å²) in [4.78, 5) is 0. The Hall–Kier alpha value is -1.25. The average molecular weight is 271 g/mol.